The molecule has 0 amide bonds. The quantitative estimate of drug-likeness (QED) is 0.821. The summed E-state index contributed by atoms with van der Waals surface area (Å²) < 4.78 is 35.9. The van der Waals surface area contributed by atoms with Crippen LogP contribution < -0.4 is 15.6 Å². The number of aromatic nitrogens is 1. The largest absolute Gasteiger partial charge is 0.477 e. The van der Waals surface area contributed by atoms with Gasteiger partial charge in [-0.15, -0.1) is 0 Å². The monoisotopic (exact) mass is 391 g/mol. The molecule has 7 nitrogen and oxygen atoms in total. The number of fused-ring (bicyclic) bond motifs is 2. The third-order valence-electron chi connectivity index (χ3n) is 5.82. The molecule has 2 aliphatic heterocycles. The average Bonchev–Trinajstić information content (AvgIpc) is 3.23. The van der Waals surface area contributed by atoms with Gasteiger partial charge in [-0.3, -0.25) is 4.79 Å². The number of rotatable bonds is 3. The van der Waals surface area contributed by atoms with Crippen LogP contribution in [-0.4, -0.2) is 60.2 Å². The van der Waals surface area contributed by atoms with Crippen molar-refractivity contribution >= 4 is 22.6 Å². The normalized spacial score (nSPS) is 29.1. The number of carbonyl (C=O) groups is 1. The number of nitrogens with zero attached hydrogens (tertiary/aromatic N) is 2. The lowest BCUT2D eigenvalue weighted by Gasteiger charge is -2.25. The smallest absolute Gasteiger partial charge is 0.341 e. The van der Waals surface area contributed by atoms with Gasteiger partial charge in [0.2, 0.25) is 5.43 Å². The Morgan fingerprint density at radius 3 is 2.79 bits per heavy atom. The first-order valence-corrected chi connectivity index (χ1v) is 9.29. The van der Waals surface area contributed by atoms with Crippen LogP contribution in [0, 0.1) is 5.82 Å². The zero-order valence-electron chi connectivity index (χ0n) is 14.9. The summed E-state index contributed by atoms with van der Waals surface area (Å²) in [6.07, 6.45) is 0.273. The number of pyridine rings is 1. The van der Waals surface area contributed by atoms with Gasteiger partial charge in [-0.1, -0.05) is 0 Å². The van der Waals surface area contributed by atoms with Crippen LogP contribution in [0.15, 0.2) is 23.1 Å². The highest BCUT2D eigenvalue weighted by atomic mass is 19.1. The zero-order chi connectivity index (χ0) is 19.6. The van der Waals surface area contributed by atoms with E-state index in [1.54, 1.807) is 0 Å². The Labute approximate surface area is 158 Å². The lowest BCUT2D eigenvalue weighted by Crippen LogP contribution is -2.47. The molecule has 3 fully saturated rings. The molecule has 2 N–H and O–H groups in total. The van der Waals surface area contributed by atoms with Gasteiger partial charge < -0.3 is 24.6 Å². The molecule has 0 spiro atoms. The minimum absolute atomic E-state index is 0.0425. The van der Waals surface area contributed by atoms with E-state index in [4.69, 9.17) is 4.74 Å². The lowest BCUT2D eigenvalue weighted by atomic mass is 10.1. The van der Waals surface area contributed by atoms with Crippen molar-refractivity contribution in [1.29, 1.82) is 0 Å². The van der Waals surface area contributed by atoms with E-state index in [0.717, 1.165) is 12.6 Å². The summed E-state index contributed by atoms with van der Waals surface area (Å²) >= 11 is 0. The standard InChI is InChI=1S/C19H19F2N3O4/c20-11-3-9-14(5-15(11)23-7-13-17(8-23)28-2-1-22-13)24(16-4-12(16)21)6-10(18(9)25)19(26)27/h3,5-6,12-13,16-17,22H,1-2,4,7-8H2,(H,26,27). The Morgan fingerprint density at radius 1 is 1.32 bits per heavy atom. The molecule has 0 radical (unpaired) electrons. The molecule has 2 saturated heterocycles. The Bertz CT molecular complexity index is 1030. The predicted molar refractivity (Wildman–Crippen MR) is 97.4 cm³/mol. The second kappa shape index (κ2) is 6.25. The summed E-state index contributed by atoms with van der Waals surface area (Å²) in [6, 6.07) is 2.16. The number of nitrogens with one attached hydrogen (secondary N) is 1. The van der Waals surface area contributed by atoms with E-state index in [1.807, 2.05) is 4.90 Å². The van der Waals surface area contributed by atoms with Gasteiger partial charge in [0.25, 0.3) is 0 Å². The van der Waals surface area contributed by atoms with Gasteiger partial charge in [-0.2, -0.15) is 0 Å². The Hall–Kier alpha value is -2.52. The number of halogens is 2. The van der Waals surface area contributed by atoms with Crippen LogP contribution in [0.2, 0.25) is 0 Å². The highest BCUT2D eigenvalue weighted by Gasteiger charge is 2.41. The molecular formula is C19H19F2N3O4. The third kappa shape index (κ3) is 2.68. The summed E-state index contributed by atoms with van der Waals surface area (Å²) in [4.78, 5) is 25.8. The van der Waals surface area contributed by atoms with Crippen molar-refractivity contribution < 1.29 is 23.4 Å². The predicted octanol–water partition coefficient (Wildman–Crippen LogP) is 1.30. The number of ether oxygens (including phenoxy) is 1. The first-order valence-electron chi connectivity index (χ1n) is 9.29. The molecule has 4 unspecified atom stereocenters. The molecule has 1 aromatic carbocycles. The van der Waals surface area contributed by atoms with E-state index in [9.17, 15) is 23.5 Å². The van der Waals surface area contributed by atoms with E-state index < -0.39 is 35.0 Å². The fourth-order valence-electron chi connectivity index (χ4n) is 4.26. The van der Waals surface area contributed by atoms with Crippen molar-refractivity contribution in [3.8, 4) is 0 Å². The lowest BCUT2D eigenvalue weighted by molar-refractivity contribution is 0.0212. The van der Waals surface area contributed by atoms with Gasteiger partial charge in [0.15, 0.2) is 0 Å². The zero-order valence-corrected chi connectivity index (χ0v) is 14.9. The van der Waals surface area contributed by atoms with Crippen LogP contribution in [-0.2, 0) is 4.74 Å². The van der Waals surface area contributed by atoms with Gasteiger partial charge in [0.05, 0.1) is 36.0 Å². The molecule has 1 saturated carbocycles. The number of hydrogen-bond donors (Lipinski definition) is 2. The van der Waals surface area contributed by atoms with Crippen molar-refractivity contribution in [3.05, 3.63) is 39.9 Å². The topological polar surface area (TPSA) is 83.8 Å². The van der Waals surface area contributed by atoms with Gasteiger partial charge in [0, 0.05) is 37.6 Å². The molecule has 28 heavy (non-hydrogen) atoms. The fraction of sp³-hybridized carbons (Fsp3) is 0.474. The number of carboxylic acid groups (broad SMARTS) is 1. The van der Waals surface area contributed by atoms with Crippen molar-refractivity contribution in [2.75, 3.05) is 31.1 Å². The molecule has 4 atom stereocenters. The van der Waals surface area contributed by atoms with E-state index >= 15 is 0 Å². The third-order valence-corrected chi connectivity index (χ3v) is 5.82. The van der Waals surface area contributed by atoms with Crippen LogP contribution in [0.5, 0.6) is 0 Å². The van der Waals surface area contributed by atoms with Crippen LogP contribution in [0.25, 0.3) is 10.9 Å². The molecule has 2 aromatic rings. The molecular weight excluding hydrogens is 372 g/mol. The van der Waals surface area contributed by atoms with Crippen LogP contribution in [0.4, 0.5) is 14.5 Å². The summed E-state index contributed by atoms with van der Waals surface area (Å²) in [5, 5.41) is 12.6. The molecule has 0 bridgehead atoms. The van der Waals surface area contributed by atoms with Crippen LogP contribution in [0.3, 0.4) is 0 Å². The van der Waals surface area contributed by atoms with Crippen LogP contribution in [0.1, 0.15) is 22.8 Å². The van der Waals surface area contributed by atoms with E-state index in [0.29, 0.717) is 30.9 Å². The second-order valence-corrected chi connectivity index (χ2v) is 7.60. The maximum atomic E-state index is 14.9. The first-order chi connectivity index (χ1) is 13.4. The van der Waals surface area contributed by atoms with E-state index in [-0.39, 0.29) is 24.0 Å². The van der Waals surface area contributed by atoms with Gasteiger partial charge >= 0.3 is 5.97 Å². The van der Waals surface area contributed by atoms with E-state index in [1.165, 1.54) is 16.8 Å². The van der Waals surface area contributed by atoms with Crippen molar-refractivity contribution in [2.24, 2.45) is 0 Å². The van der Waals surface area contributed by atoms with E-state index in [2.05, 4.69) is 5.32 Å². The molecule has 148 valence electrons. The number of benzene rings is 1. The molecule has 1 aliphatic carbocycles. The number of morpholine rings is 1. The highest BCUT2D eigenvalue weighted by Crippen LogP contribution is 2.41. The number of alkyl halides is 1. The number of anilines is 1. The first kappa shape index (κ1) is 17.6. The second-order valence-electron chi connectivity index (χ2n) is 7.60. The number of hydrogen-bond acceptors (Lipinski definition) is 5. The maximum Gasteiger partial charge on any atom is 0.341 e. The summed E-state index contributed by atoms with van der Waals surface area (Å²) in [5.74, 6) is -2.02. The SMILES string of the molecule is O=C(O)c1cn(C2CC2F)c2cc(N3CC4NCCOC4C3)c(F)cc2c1=O. The summed E-state index contributed by atoms with van der Waals surface area (Å²) in [6.45, 7) is 2.41. The minimum Gasteiger partial charge on any atom is -0.477 e. The molecule has 5 rings (SSSR count). The van der Waals surface area contributed by atoms with Gasteiger partial charge in [-0.05, 0) is 12.1 Å². The average molecular weight is 391 g/mol. The molecule has 1 aromatic heterocycles. The van der Waals surface area contributed by atoms with Crippen molar-refractivity contribution in [3.63, 3.8) is 0 Å². The van der Waals surface area contributed by atoms with Crippen LogP contribution >= 0.6 is 0 Å². The summed E-state index contributed by atoms with van der Waals surface area (Å²) in [7, 11) is 0. The molecule has 3 heterocycles. The van der Waals surface area contributed by atoms with Crippen molar-refractivity contribution in [2.45, 2.75) is 30.8 Å². The Balaban J connectivity index is 1.64. The Kier molecular flexibility index (Phi) is 3.92. The van der Waals surface area contributed by atoms with Gasteiger partial charge in [0.1, 0.15) is 17.6 Å². The molecule has 3 aliphatic rings. The minimum atomic E-state index is -1.41. The maximum absolute atomic E-state index is 14.9. The fourth-order valence-corrected chi connectivity index (χ4v) is 4.26. The van der Waals surface area contributed by atoms with Crippen molar-refractivity contribution in [1.82, 2.24) is 9.88 Å². The number of aromatic carboxylic acids is 1. The number of carboxylic acids is 1. The Morgan fingerprint density at radius 2 is 2.11 bits per heavy atom. The van der Waals surface area contributed by atoms with Gasteiger partial charge in [-0.25, -0.2) is 13.6 Å². The summed E-state index contributed by atoms with van der Waals surface area (Å²) in [5.41, 5.74) is -0.594. The molecule has 9 heteroatoms. The highest BCUT2D eigenvalue weighted by molar-refractivity contribution is 5.93.